The van der Waals surface area contributed by atoms with Gasteiger partial charge in [-0.1, -0.05) is 18.2 Å². The van der Waals surface area contributed by atoms with E-state index in [0.29, 0.717) is 18.0 Å². The van der Waals surface area contributed by atoms with E-state index in [1.54, 1.807) is 18.3 Å². The molecule has 1 saturated heterocycles. The minimum atomic E-state index is -3.56. The molecule has 1 N–H and O–H groups in total. The molecule has 26 heavy (non-hydrogen) atoms. The van der Waals surface area contributed by atoms with Gasteiger partial charge >= 0.3 is 0 Å². The Labute approximate surface area is 160 Å². The number of rotatable bonds is 8. The number of hydrogen-bond acceptors (Lipinski definition) is 5. The average Bonchev–Trinajstić information content (AvgIpc) is 2.67. The van der Waals surface area contributed by atoms with E-state index >= 15 is 0 Å². The third-order valence-corrected chi connectivity index (χ3v) is 7.03. The Morgan fingerprint density at radius 3 is 3.00 bits per heavy atom. The van der Waals surface area contributed by atoms with Crippen molar-refractivity contribution >= 4 is 32.7 Å². The van der Waals surface area contributed by atoms with Crippen molar-refractivity contribution in [3.63, 3.8) is 0 Å². The number of benzene rings is 1. The molecule has 0 amide bonds. The lowest BCUT2D eigenvalue weighted by molar-refractivity contribution is 0.177. The first-order chi connectivity index (χ1) is 12.6. The molecule has 1 fully saturated rings. The number of para-hydroxylation sites is 1. The fraction of sp³-hybridized carbons (Fsp3) is 0.526. The molecule has 0 aliphatic carbocycles. The van der Waals surface area contributed by atoms with Gasteiger partial charge in [-0.25, -0.2) is 13.1 Å². The van der Waals surface area contributed by atoms with E-state index in [1.165, 1.54) is 12.2 Å². The Balaban J connectivity index is 1.63. The molecule has 0 radical (unpaired) electrons. The van der Waals surface area contributed by atoms with Crippen LogP contribution in [0.25, 0.3) is 10.9 Å². The average molecular weight is 394 g/mol. The number of likely N-dealkylation sites (tertiary alicyclic amines) is 1. The highest BCUT2D eigenvalue weighted by atomic mass is 32.2. The van der Waals surface area contributed by atoms with E-state index in [2.05, 4.69) is 20.9 Å². The van der Waals surface area contributed by atoms with Crippen LogP contribution in [0, 0.1) is 5.92 Å². The summed E-state index contributed by atoms with van der Waals surface area (Å²) in [6, 6.07) is 8.99. The second kappa shape index (κ2) is 9.17. The molecule has 3 rings (SSSR count). The van der Waals surface area contributed by atoms with Crippen LogP contribution in [-0.2, 0) is 10.0 Å². The highest BCUT2D eigenvalue weighted by molar-refractivity contribution is 7.98. The standard InChI is InChI=1S/C19H27N3O2S2/c1-25-13-5-12-22-11-4-6-16(15-22)14-21-26(23,24)18-9-2-7-17-8-3-10-20-19(17)18/h2-3,7-10,16,21H,4-6,11-15H2,1H3. The van der Waals surface area contributed by atoms with Crippen LogP contribution in [0.4, 0.5) is 0 Å². The quantitative estimate of drug-likeness (QED) is 0.699. The van der Waals surface area contributed by atoms with Crippen molar-refractivity contribution in [2.45, 2.75) is 24.2 Å². The number of fused-ring (bicyclic) bond motifs is 1. The number of nitrogens with one attached hydrogen (secondary N) is 1. The number of piperidine rings is 1. The van der Waals surface area contributed by atoms with Gasteiger partial charge in [-0.05, 0) is 62.4 Å². The summed E-state index contributed by atoms with van der Waals surface area (Å²) in [5.74, 6) is 1.55. The zero-order chi connectivity index (χ0) is 18.4. The Bertz CT molecular complexity index is 821. The first-order valence-corrected chi connectivity index (χ1v) is 12.0. The van der Waals surface area contributed by atoms with Crippen molar-refractivity contribution in [2.75, 3.05) is 38.2 Å². The first-order valence-electron chi connectivity index (χ1n) is 9.15. The largest absolute Gasteiger partial charge is 0.303 e. The van der Waals surface area contributed by atoms with E-state index < -0.39 is 10.0 Å². The van der Waals surface area contributed by atoms with Gasteiger partial charge < -0.3 is 4.90 Å². The second-order valence-corrected chi connectivity index (χ2v) is 9.56. The summed E-state index contributed by atoms with van der Waals surface area (Å²) in [6.45, 7) is 3.71. The molecule has 2 aromatic rings. The van der Waals surface area contributed by atoms with Crippen molar-refractivity contribution < 1.29 is 8.42 Å². The molecule has 7 heteroatoms. The molecular weight excluding hydrogens is 366 g/mol. The number of sulfonamides is 1. The van der Waals surface area contributed by atoms with Crippen molar-refractivity contribution in [3.05, 3.63) is 36.5 Å². The summed E-state index contributed by atoms with van der Waals surface area (Å²) < 4.78 is 28.5. The summed E-state index contributed by atoms with van der Waals surface area (Å²) in [5.41, 5.74) is 0.532. The number of pyridine rings is 1. The van der Waals surface area contributed by atoms with E-state index in [-0.39, 0.29) is 4.90 Å². The van der Waals surface area contributed by atoms with E-state index in [4.69, 9.17) is 0 Å². The monoisotopic (exact) mass is 393 g/mol. The zero-order valence-corrected chi connectivity index (χ0v) is 16.9. The Kier molecular flexibility index (Phi) is 6.92. The van der Waals surface area contributed by atoms with Gasteiger partial charge in [-0.3, -0.25) is 4.98 Å². The van der Waals surface area contributed by atoms with Gasteiger partial charge in [0, 0.05) is 24.7 Å². The minimum absolute atomic E-state index is 0.267. The number of thioether (sulfide) groups is 1. The van der Waals surface area contributed by atoms with Crippen molar-refractivity contribution in [3.8, 4) is 0 Å². The number of aromatic nitrogens is 1. The summed E-state index contributed by atoms with van der Waals surface area (Å²) in [6.07, 6.45) is 7.18. The molecule has 1 aromatic heterocycles. The predicted octanol–water partition coefficient (Wildman–Crippen LogP) is 2.98. The van der Waals surface area contributed by atoms with Crippen LogP contribution in [0.15, 0.2) is 41.4 Å². The molecule has 0 spiro atoms. The summed E-state index contributed by atoms with van der Waals surface area (Å²) in [7, 11) is -3.56. The van der Waals surface area contributed by atoms with Gasteiger partial charge in [0.1, 0.15) is 4.90 Å². The molecule has 0 bridgehead atoms. The first kappa shape index (κ1) is 19.6. The van der Waals surface area contributed by atoms with E-state index in [0.717, 1.165) is 37.9 Å². The van der Waals surface area contributed by atoms with Crippen LogP contribution in [-0.4, -0.2) is 56.5 Å². The third kappa shape index (κ3) is 4.97. The van der Waals surface area contributed by atoms with Gasteiger partial charge in [0.05, 0.1) is 5.52 Å². The molecule has 1 atom stereocenters. The van der Waals surface area contributed by atoms with Gasteiger partial charge in [0.25, 0.3) is 0 Å². The van der Waals surface area contributed by atoms with Crippen molar-refractivity contribution in [1.29, 1.82) is 0 Å². The second-order valence-electron chi connectivity index (χ2n) is 6.84. The highest BCUT2D eigenvalue weighted by Gasteiger charge is 2.23. The van der Waals surface area contributed by atoms with E-state index in [9.17, 15) is 8.42 Å². The Morgan fingerprint density at radius 2 is 2.15 bits per heavy atom. The third-order valence-electron chi connectivity index (χ3n) is 4.87. The summed E-state index contributed by atoms with van der Waals surface area (Å²) >= 11 is 1.88. The summed E-state index contributed by atoms with van der Waals surface area (Å²) in [4.78, 5) is 7.00. The maximum absolute atomic E-state index is 12.8. The van der Waals surface area contributed by atoms with Crippen LogP contribution >= 0.6 is 11.8 Å². The molecule has 142 valence electrons. The molecule has 1 aromatic carbocycles. The molecular formula is C19H27N3O2S2. The van der Waals surface area contributed by atoms with Crippen LogP contribution in [0.1, 0.15) is 19.3 Å². The smallest absolute Gasteiger partial charge is 0.242 e. The lowest BCUT2D eigenvalue weighted by Gasteiger charge is -2.32. The molecule has 2 heterocycles. The molecule has 1 unspecified atom stereocenters. The normalized spacial score (nSPS) is 19.0. The molecule has 1 aliphatic heterocycles. The fourth-order valence-electron chi connectivity index (χ4n) is 3.55. The maximum Gasteiger partial charge on any atom is 0.242 e. The zero-order valence-electron chi connectivity index (χ0n) is 15.2. The van der Waals surface area contributed by atoms with Gasteiger partial charge in [-0.15, -0.1) is 0 Å². The predicted molar refractivity (Wildman–Crippen MR) is 109 cm³/mol. The van der Waals surface area contributed by atoms with E-state index in [1.807, 2.05) is 30.0 Å². The van der Waals surface area contributed by atoms with Crippen molar-refractivity contribution in [1.82, 2.24) is 14.6 Å². The topological polar surface area (TPSA) is 62.3 Å². The van der Waals surface area contributed by atoms with Crippen LogP contribution in [0.5, 0.6) is 0 Å². The van der Waals surface area contributed by atoms with Crippen molar-refractivity contribution in [2.24, 2.45) is 5.92 Å². The lowest BCUT2D eigenvalue weighted by Crippen LogP contribution is -2.41. The number of hydrogen-bond donors (Lipinski definition) is 1. The molecule has 5 nitrogen and oxygen atoms in total. The molecule has 0 saturated carbocycles. The fourth-order valence-corrected chi connectivity index (χ4v) is 5.26. The molecule has 1 aliphatic rings. The highest BCUT2D eigenvalue weighted by Crippen LogP contribution is 2.22. The number of nitrogens with zero attached hydrogens (tertiary/aromatic N) is 2. The Hall–Kier alpha value is -1.15. The lowest BCUT2D eigenvalue weighted by atomic mass is 9.98. The van der Waals surface area contributed by atoms with Crippen LogP contribution in [0.2, 0.25) is 0 Å². The maximum atomic E-state index is 12.8. The minimum Gasteiger partial charge on any atom is -0.303 e. The van der Waals surface area contributed by atoms with Gasteiger partial charge in [0.2, 0.25) is 10.0 Å². The van der Waals surface area contributed by atoms with Crippen LogP contribution in [0.3, 0.4) is 0 Å². The summed E-state index contributed by atoms with van der Waals surface area (Å²) in [5, 5.41) is 0.841. The van der Waals surface area contributed by atoms with Gasteiger partial charge in [-0.2, -0.15) is 11.8 Å². The van der Waals surface area contributed by atoms with Gasteiger partial charge in [0.15, 0.2) is 0 Å². The Morgan fingerprint density at radius 1 is 1.31 bits per heavy atom. The van der Waals surface area contributed by atoms with Crippen LogP contribution < -0.4 is 4.72 Å². The SMILES string of the molecule is CSCCCN1CCCC(CNS(=O)(=O)c2cccc3cccnc23)C1.